The Labute approximate surface area is 464 Å². The zero-order valence-electron chi connectivity index (χ0n) is 46.9. The lowest BCUT2D eigenvalue weighted by molar-refractivity contribution is 0.244. The highest BCUT2D eigenvalue weighted by molar-refractivity contribution is 6.01. The van der Waals surface area contributed by atoms with Gasteiger partial charge in [0, 0.05) is 11.3 Å². The van der Waals surface area contributed by atoms with Crippen LogP contribution in [0.15, 0.2) is 229 Å². The average molecular weight is 1010 g/mol. The minimum absolute atomic E-state index is 0.0396. The maximum Gasteiger partial charge on any atom is 0.0725 e. The van der Waals surface area contributed by atoms with Crippen LogP contribution in [-0.4, -0.2) is 0 Å². The first kappa shape index (κ1) is 47.9. The molecule has 0 radical (unpaired) electrons. The van der Waals surface area contributed by atoms with E-state index in [0.29, 0.717) is 29.6 Å². The number of fused-ring (bicyclic) bond motifs is 20. The quantitative estimate of drug-likeness (QED) is 0.151. The summed E-state index contributed by atoms with van der Waals surface area (Å²) >= 11 is 0. The van der Waals surface area contributed by atoms with E-state index in [1.165, 1.54) is 89.9 Å². The number of rotatable bonds is 5. The van der Waals surface area contributed by atoms with Gasteiger partial charge in [0.1, 0.15) is 0 Å². The summed E-state index contributed by atoms with van der Waals surface area (Å²) in [5.74, 6) is 2.27. The fourth-order valence-corrected chi connectivity index (χ4v) is 18.6. The van der Waals surface area contributed by atoms with Gasteiger partial charge >= 0.3 is 0 Å². The van der Waals surface area contributed by atoms with Gasteiger partial charge in [-0.25, -0.2) is 0 Å². The van der Waals surface area contributed by atoms with Gasteiger partial charge in [0.25, 0.3) is 0 Å². The Balaban J connectivity index is 0.804. The minimum atomic E-state index is -0.426. The molecule has 0 nitrogen and oxygen atoms in total. The molecule has 9 aliphatic carbocycles. The molecule has 0 aromatic heterocycles. The molecule has 0 bridgehead atoms. The Morgan fingerprint density at radius 3 is 2.15 bits per heavy atom. The Hall–Kier alpha value is -7.28. The summed E-state index contributed by atoms with van der Waals surface area (Å²) in [5, 5.41) is 0. The molecule has 0 saturated heterocycles. The molecule has 7 atom stereocenters. The fraction of sp³-hybridized carbons (Fsp3) is 0.282. The van der Waals surface area contributed by atoms with Crippen molar-refractivity contribution in [2.75, 3.05) is 0 Å². The third-order valence-corrected chi connectivity index (χ3v) is 21.8. The Bertz CT molecular complexity index is 3960. The second kappa shape index (κ2) is 16.9. The van der Waals surface area contributed by atoms with Crippen LogP contribution in [0.2, 0.25) is 0 Å². The lowest BCUT2D eigenvalue weighted by Gasteiger charge is -2.39. The van der Waals surface area contributed by atoms with E-state index in [-0.39, 0.29) is 16.2 Å². The van der Waals surface area contributed by atoms with Gasteiger partial charge in [-0.3, -0.25) is 0 Å². The zero-order chi connectivity index (χ0) is 53.2. The predicted molar refractivity (Wildman–Crippen MR) is 328 cm³/mol. The van der Waals surface area contributed by atoms with Crippen LogP contribution in [0.3, 0.4) is 0 Å². The molecule has 7 unspecified atom stereocenters. The summed E-state index contributed by atoms with van der Waals surface area (Å²) in [6.45, 7) is 25.9. The minimum Gasteiger partial charge on any atom is -0.0991 e. The predicted octanol–water partition coefficient (Wildman–Crippen LogP) is 19.8. The van der Waals surface area contributed by atoms with Gasteiger partial charge in [0.05, 0.1) is 5.41 Å². The molecule has 0 heteroatoms. The summed E-state index contributed by atoms with van der Waals surface area (Å²) in [6.07, 6.45) is 28.7. The van der Waals surface area contributed by atoms with Crippen LogP contribution in [0.25, 0.3) is 39.0 Å². The van der Waals surface area contributed by atoms with Crippen molar-refractivity contribution in [3.8, 4) is 22.3 Å². The lowest BCUT2D eigenvalue weighted by atomic mass is 9.62. The Morgan fingerprint density at radius 1 is 0.692 bits per heavy atom. The van der Waals surface area contributed by atoms with Gasteiger partial charge in [0.15, 0.2) is 0 Å². The van der Waals surface area contributed by atoms with E-state index in [0.717, 1.165) is 32.1 Å². The third-order valence-electron chi connectivity index (χ3n) is 21.8. The standard InChI is InChI=1S/C78H72/c1-10-23-61-51(12-3)52-24-13-18-29-62(52)77(61)65-32-21-17-28-56(65)58-38-36-49(42-71(58)77)50-40-47(5)74-60-45-68-59(44-69(60)76(8,9)72(74)43-50)73(46(4)11-2)67(75(68,6)7)39-35-48-34-37-57-55-27-16-22-33-66(55)78(70(57)41-48)63-30-19-14-25-53(63)54-26-15-20-31-64(54)78/h10-19,21-30,32-33,36,38-43,45,54,59,64,68-69H,1-2,20,31,34-35,37,44H2,3-9H3/b51-12-,61-23+,67-39+,73-46-. The van der Waals surface area contributed by atoms with Gasteiger partial charge in [-0.05, 0) is 234 Å². The smallest absolute Gasteiger partial charge is 0.0725 e. The van der Waals surface area contributed by atoms with Crippen LogP contribution in [0.5, 0.6) is 0 Å². The van der Waals surface area contributed by atoms with E-state index in [1.54, 1.807) is 50.1 Å². The first-order valence-electron chi connectivity index (χ1n) is 29.5. The van der Waals surface area contributed by atoms with Gasteiger partial charge in [-0.1, -0.05) is 216 Å². The second-order valence-corrected chi connectivity index (χ2v) is 25.7. The molecule has 0 N–H and O–H groups in total. The summed E-state index contributed by atoms with van der Waals surface area (Å²) in [4.78, 5) is 0. The number of aryl methyl sites for hydroxylation is 1. The molecule has 15 rings (SSSR count). The molecule has 0 amide bonds. The van der Waals surface area contributed by atoms with Crippen LogP contribution < -0.4 is 0 Å². The van der Waals surface area contributed by atoms with Crippen LogP contribution >= 0.6 is 0 Å². The highest BCUT2D eigenvalue weighted by Crippen LogP contribution is 2.69. The summed E-state index contributed by atoms with van der Waals surface area (Å²) < 4.78 is 0. The Morgan fingerprint density at radius 2 is 1.38 bits per heavy atom. The van der Waals surface area contributed by atoms with Gasteiger partial charge < -0.3 is 0 Å². The zero-order valence-corrected chi connectivity index (χ0v) is 46.9. The number of allylic oxidation sites excluding steroid dienone is 18. The molecule has 2 spiro atoms. The molecule has 1 saturated carbocycles. The molecular formula is C78H72. The first-order chi connectivity index (χ1) is 37.9. The molecule has 9 aliphatic rings. The first-order valence-corrected chi connectivity index (χ1v) is 29.5. The molecule has 1 fully saturated rings. The third kappa shape index (κ3) is 5.97. The van der Waals surface area contributed by atoms with Crippen molar-refractivity contribution in [2.45, 2.75) is 109 Å². The number of hydrogen-bond donors (Lipinski definition) is 0. The van der Waals surface area contributed by atoms with Crippen molar-refractivity contribution >= 4 is 16.7 Å². The molecule has 384 valence electrons. The fourth-order valence-electron chi connectivity index (χ4n) is 18.6. The highest BCUT2D eigenvalue weighted by atomic mass is 14.6. The number of benzene rings is 6. The van der Waals surface area contributed by atoms with Crippen LogP contribution in [-0.2, 0) is 16.2 Å². The molecule has 0 heterocycles. The van der Waals surface area contributed by atoms with E-state index in [2.05, 4.69) is 238 Å². The van der Waals surface area contributed by atoms with E-state index < -0.39 is 5.41 Å². The van der Waals surface area contributed by atoms with Crippen molar-refractivity contribution in [3.05, 3.63) is 290 Å². The van der Waals surface area contributed by atoms with Crippen LogP contribution in [0, 0.1) is 36.0 Å². The molecule has 78 heavy (non-hydrogen) atoms. The van der Waals surface area contributed by atoms with Crippen molar-refractivity contribution in [2.24, 2.45) is 29.1 Å². The van der Waals surface area contributed by atoms with Gasteiger partial charge in [0.2, 0.25) is 0 Å². The maximum atomic E-state index is 4.46. The van der Waals surface area contributed by atoms with Crippen LogP contribution in [0.4, 0.5) is 0 Å². The largest absolute Gasteiger partial charge is 0.0991 e. The molecule has 0 aliphatic heterocycles. The summed E-state index contributed by atoms with van der Waals surface area (Å²) in [5.41, 5.74) is 34.1. The molecular weight excluding hydrogens is 937 g/mol. The SMILES string of the molecule is C=C/C=C1\C(=C/C)c2ccccc2C12c1ccccc1-c1ccc(-c3cc(C)c4c(c3)C(C)(C)C3CC5C(=C(\C)C=C)/C(=C\CC6=CC7=C(CC6)c6ccccc6C76c7ccccc7C7C=CCCC76)C(C)(C)C5C=C43)cc12. The summed E-state index contributed by atoms with van der Waals surface area (Å²) in [6, 6.07) is 49.7. The van der Waals surface area contributed by atoms with E-state index >= 15 is 0 Å². The number of hydrogen-bond acceptors (Lipinski definition) is 0. The van der Waals surface area contributed by atoms with E-state index in [4.69, 9.17) is 0 Å². The monoisotopic (exact) mass is 1010 g/mol. The van der Waals surface area contributed by atoms with Crippen molar-refractivity contribution < 1.29 is 0 Å². The maximum absolute atomic E-state index is 4.46. The molecule has 6 aromatic rings. The van der Waals surface area contributed by atoms with Gasteiger partial charge in [-0.2, -0.15) is 0 Å². The van der Waals surface area contributed by atoms with E-state index in [1.807, 2.05) is 6.08 Å². The lowest BCUT2D eigenvalue weighted by Crippen LogP contribution is -2.35. The van der Waals surface area contributed by atoms with Crippen molar-refractivity contribution in [3.63, 3.8) is 0 Å². The van der Waals surface area contributed by atoms with Crippen molar-refractivity contribution in [1.82, 2.24) is 0 Å². The van der Waals surface area contributed by atoms with Crippen molar-refractivity contribution in [1.29, 1.82) is 0 Å². The van der Waals surface area contributed by atoms with E-state index in [9.17, 15) is 0 Å². The summed E-state index contributed by atoms with van der Waals surface area (Å²) in [7, 11) is 0. The second-order valence-electron chi connectivity index (χ2n) is 25.7. The van der Waals surface area contributed by atoms with Gasteiger partial charge in [-0.15, -0.1) is 0 Å². The average Bonchev–Trinajstić information content (AvgIpc) is 4.26. The normalized spacial score (nSPS) is 29.6. The highest BCUT2D eigenvalue weighted by Gasteiger charge is 2.60. The Kier molecular flexibility index (Phi) is 10.4. The topological polar surface area (TPSA) is 0 Å². The van der Waals surface area contributed by atoms with Crippen LogP contribution in [0.1, 0.15) is 147 Å². The molecule has 6 aromatic carbocycles.